The third-order valence-corrected chi connectivity index (χ3v) is 2.76. The molecule has 0 aliphatic carbocycles. The Morgan fingerprint density at radius 3 is 2.69 bits per heavy atom. The minimum atomic E-state index is 0.386. The number of aromatic nitrogens is 2. The summed E-state index contributed by atoms with van der Waals surface area (Å²) in [6, 6.07) is 0.394. The van der Waals surface area contributed by atoms with E-state index < -0.39 is 0 Å². The molecule has 0 aliphatic rings. The van der Waals surface area contributed by atoms with Gasteiger partial charge in [0.25, 0.3) is 0 Å². The van der Waals surface area contributed by atoms with Gasteiger partial charge >= 0.3 is 0 Å². The molecule has 4 heteroatoms. The lowest BCUT2D eigenvalue weighted by Gasteiger charge is -2.09. The highest BCUT2D eigenvalue weighted by atomic mass is 16.5. The van der Waals surface area contributed by atoms with Crippen LogP contribution in [0.15, 0.2) is 4.52 Å². The maximum absolute atomic E-state index is 5.24. The molecule has 0 amide bonds. The molecule has 0 fully saturated rings. The molecular weight excluding hydrogens is 202 g/mol. The van der Waals surface area contributed by atoms with Crippen LogP contribution >= 0.6 is 0 Å². The highest BCUT2D eigenvalue weighted by Crippen LogP contribution is 2.15. The van der Waals surface area contributed by atoms with Crippen molar-refractivity contribution in [2.75, 3.05) is 6.54 Å². The second-order valence-electron chi connectivity index (χ2n) is 4.41. The van der Waals surface area contributed by atoms with Gasteiger partial charge in [-0.2, -0.15) is 4.98 Å². The van der Waals surface area contributed by atoms with Crippen LogP contribution in [0.1, 0.15) is 58.2 Å². The summed E-state index contributed by atoms with van der Waals surface area (Å²) in [5.41, 5.74) is 0. The van der Waals surface area contributed by atoms with Crippen LogP contribution in [0, 0.1) is 0 Å². The molecule has 0 saturated carbocycles. The molecule has 1 rings (SSSR count). The molecule has 92 valence electrons. The van der Waals surface area contributed by atoms with Crippen molar-refractivity contribution in [3.8, 4) is 0 Å². The Morgan fingerprint density at radius 2 is 2.06 bits per heavy atom. The maximum atomic E-state index is 5.24. The van der Waals surface area contributed by atoms with Crippen molar-refractivity contribution in [2.24, 2.45) is 0 Å². The van der Waals surface area contributed by atoms with Crippen LogP contribution in [-0.2, 0) is 6.42 Å². The van der Waals surface area contributed by atoms with Crippen molar-refractivity contribution in [1.29, 1.82) is 0 Å². The van der Waals surface area contributed by atoms with Crippen molar-refractivity contribution in [1.82, 2.24) is 15.5 Å². The summed E-state index contributed by atoms with van der Waals surface area (Å²) in [6.45, 7) is 9.59. The molecule has 16 heavy (non-hydrogen) atoms. The average Bonchev–Trinajstić information content (AvgIpc) is 2.73. The van der Waals surface area contributed by atoms with Gasteiger partial charge in [0.1, 0.15) is 0 Å². The van der Waals surface area contributed by atoms with Gasteiger partial charge in [-0.3, -0.25) is 0 Å². The molecule has 0 radical (unpaired) electrons. The maximum Gasteiger partial charge on any atom is 0.228 e. The number of nitrogens with zero attached hydrogens (tertiary/aromatic N) is 2. The highest BCUT2D eigenvalue weighted by molar-refractivity contribution is 4.94. The Balaban J connectivity index is 2.45. The molecule has 1 N–H and O–H groups in total. The van der Waals surface area contributed by atoms with E-state index in [0.717, 1.165) is 37.5 Å². The molecule has 4 nitrogen and oxygen atoms in total. The van der Waals surface area contributed by atoms with E-state index in [0.29, 0.717) is 12.0 Å². The minimum absolute atomic E-state index is 0.386. The SMILES string of the molecule is CCCNC(C)Cc1nc(C(C)CC)no1. The first kappa shape index (κ1) is 13.2. The van der Waals surface area contributed by atoms with E-state index in [1.165, 1.54) is 0 Å². The summed E-state index contributed by atoms with van der Waals surface area (Å²) < 4.78 is 5.24. The number of hydrogen-bond donors (Lipinski definition) is 1. The van der Waals surface area contributed by atoms with E-state index in [-0.39, 0.29) is 0 Å². The van der Waals surface area contributed by atoms with E-state index in [9.17, 15) is 0 Å². The summed E-state index contributed by atoms with van der Waals surface area (Å²) >= 11 is 0. The molecule has 1 heterocycles. The van der Waals surface area contributed by atoms with Gasteiger partial charge in [-0.15, -0.1) is 0 Å². The van der Waals surface area contributed by atoms with Crippen LogP contribution < -0.4 is 5.32 Å². The molecule has 0 bridgehead atoms. The van der Waals surface area contributed by atoms with Crippen LogP contribution in [0.25, 0.3) is 0 Å². The Kier molecular flexibility index (Phi) is 5.46. The van der Waals surface area contributed by atoms with Crippen molar-refractivity contribution < 1.29 is 4.52 Å². The summed E-state index contributed by atoms with van der Waals surface area (Å²) in [5, 5.41) is 7.41. The molecule has 0 aromatic carbocycles. The first-order valence-corrected chi connectivity index (χ1v) is 6.23. The number of nitrogens with one attached hydrogen (secondary N) is 1. The monoisotopic (exact) mass is 225 g/mol. The zero-order chi connectivity index (χ0) is 12.0. The van der Waals surface area contributed by atoms with E-state index in [4.69, 9.17) is 4.52 Å². The van der Waals surface area contributed by atoms with Crippen LogP contribution in [0.2, 0.25) is 0 Å². The van der Waals surface area contributed by atoms with E-state index in [2.05, 4.69) is 43.2 Å². The highest BCUT2D eigenvalue weighted by Gasteiger charge is 2.13. The second kappa shape index (κ2) is 6.63. The van der Waals surface area contributed by atoms with Crippen molar-refractivity contribution in [3.05, 3.63) is 11.7 Å². The minimum Gasteiger partial charge on any atom is -0.339 e. The van der Waals surface area contributed by atoms with E-state index >= 15 is 0 Å². The predicted molar refractivity (Wildman–Crippen MR) is 64.5 cm³/mol. The quantitative estimate of drug-likeness (QED) is 0.774. The van der Waals surface area contributed by atoms with E-state index in [1.807, 2.05) is 0 Å². The molecule has 0 saturated heterocycles. The zero-order valence-corrected chi connectivity index (χ0v) is 10.8. The fourth-order valence-corrected chi connectivity index (χ4v) is 1.46. The lowest BCUT2D eigenvalue weighted by Crippen LogP contribution is -2.28. The third-order valence-electron chi connectivity index (χ3n) is 2.76. The summed E-state index contributed by atoms with van der Waals surface area (Å²) in [6.07, 6.45) is 3.00. The van der Waals surface area contributed by atoms with Crippen molar-refractivity contribution >= 4 is 0 Å². The van der Waals surface area contributed by atoms with Gasteiger partial charge in [0.05, 0.1) is 0 Å². The largest absolute Gasteiger partial charge is 0.339 e. The fraction of sp³-hybridized carbons (Fsp3) is 0.833. The molecule has 1 aromatic heterocycles. The smallest absolute Gasteiger partial charge is 0.228 e. The van der Waals surface area contributed by atoms with Crippen molar-refractivity contribution in [3.63, 3.8) is 0 Å². The Hall–Kier alpha value is -0.900. The summed E-state index contributed by atoms with van der Waals surface area (Å²) in [5.74, 6) is 1.96. The molecule has 2 atom stereocenters. The Labute approximate surface area is 97.8 Å². The predicted octanol–water partition coefficient (Wildman–Crippen LogP) is 2.51. The van der Waals surface area contributed by atoms with Gasteiger partial charge in [0.15, 0.2) is 5.82 Å². The Morgan fingerprint density at radius 1 is 1.31 bits per heavy atom. The van der Waals surface area contributed by atoms with Crippen LogP contribution in [0.4, 0.5) is 0 Å². The summed E-state index contributed by atoms with van der Waals surface area (Å²) in [7, 11) is 0. The molecule has 1 aromatic rings. The average molecular weight is 225 g/mol. The number of hydrogen-bond acceptors (Lipinski definition) is 4. The fourth-order valence-electron chi connectivity index (χ4n) is 1.46. The number of rotatable bonds is 7. The Bertz CT molecular complexity index is 298. The first-order valence-electron chi connectivity index (χ1n) is 6.23. The standard InChI is InChI=1S/C12H23N3O/c1-5-7-13-10(4)8-11-14-12(15-16-11)9(3)6-2/h9-10,13H,5-8H2,1-4H3. The zero-order valence-electron chi connectivity index (χ0n) is 10.8. The third kappa shape index (κ3) is 3.93. The van der Waals surface area contributed by atoms with Gasteiger partial charge in [0, 0.05) is 18.4 Å². The molecule has 2 unspecified atom stereocenters. The lowest BCUT2D eigenvalue weighted by molar-refractivity contribution is 0.355. The normalized spacial score (nSPS) is 15.0. The van der Waals surface area contributed by atoms with E-state index in [1.54, 1.807) is 0 Å². The summed E-state index contributed by atoms with van der Waals surface area (Å²) in [4.78, 5) is 4.41. The molecule has 0 spiro atoms. The van der Waals surface area contributed by atoms with Gasteiger partial charge in [-0.05, 0) is 26.3 Å². The van der Waals surface area contributed by atoms with Crippen LogP contribution in [0.3, 0.4) is 0 Å². The van der Waals surface area contributed by atoms with Gasteiger partial charge < -0.3 is 9.84 Å². The van der Waals surface area contributed by atoms with Crippen LogP contribution in [0.5, 0.6) is 0 Å². The van der Waals surface area contributed by atoms with Gasteiger partial charge in [-0.25, -0.2) is 0 Å². The first-order chi connectivity index (χ1) is 7.67. The topological polar surface area (TPSA) is 51.0 Å². The lowest BCUT2D eigenvalue weighted by atomic mass is 10.1. The molecular formula is C12H23N3O. The van der Waals surface area contributed by atoms with Crippen LogP contribution in [-0.4, -0.2) is 22.7 Å². The van der Waals surface area contributed by atoms with Gasteiger partial charge in [-0.1, -0.05) is 25.9 Å². The van der Waals surface area contributed by atoms with Gasteiger partial charge in [0.2, 0.25) is 5.89 Å². The second-order valence-corrected chi connectivity index (χ2v) is 4.41. The molecule has 0 aliphatic heterocycles. The van der Waals surface area contributed by atoms with Crippen molar-refractivity contribution in [2.45, 2.75) is 58.9 Å².